The second kappa shape index (κ2) is 7.28. The minimum Gasteiger partial charge on any atom is -0.491 e. The van der Waals surface area contributed by atoms with Gasteiger partial charge < -0.3 is 14.4 Å². The monoisotopic (exact) mass is 337 g/mol. The third-order valence-corrected chi connectivity index (χ3v) is 4.98. The maximum absolute atomic E-state index is 12.8. The van der Waals surface area contributed by atoms with Crippen molar-refractivity contribution in [3.05, 3.63) is 65.2 Å². The van der Waals surface area contributed by atoms with Crippen molar-refractivity contribution >= 4 is 5.91 Å². The summed E-state index contributed by atoms with van der Waals surface area (Å²) in [5.41, 5.74) is 3.31. The molecule has 0 aliphatic carbocycles. The Balaban J connectivity index is 1.37. The van der Waals surface area contributed by atoms with E-state index in [1.165, 1.54) is 11.1 Å². The van der Waals surface area contributed by atoms with Crippen LogP contribution >= 0.6 is 0 Å². The average molecular weight is 337 g/mol. The first-order valence-electron chi connectivity index (χ1n) is 9.00. The summed E-state index contributed by atoms with van der Waals surface area (Å²) in [6, 6.07) is 15.8. The first-order chi connectivity index (χ1) is 12.3. The first-order valence-corrected chi connectivity index (χ1v) is 9.00. The van der Waals surface area contributed by atoms with Crippen molar-refractivity contribution in [3.63, 3.8) is 0 Å². The summed E-state index contributed by atoms with van der Waals surface area (Å²) >= 11 is 0. The van der Waals surface area contributed by atoms with Crippen molar-refractivity contribution in [1.82, 2.24) is 4.90 Å². The van der Waals surface area contributed by atoms with Gasteiger partial charge in [-0.15, -0.1) is 0 Å². The summed E-state index contributed by atoms with van der Waals surface area (Å²) in [6.07, 6.45) is 3.30. The SMILES string of the molecule is O=C(c1ccc(OC[C@@H]2CCCO2)cc1)N1CCc2ccccc2C1. The molecule has 0 saturated carbocycles. The van der Waals surface area contributed by atoms with E-state index >= 15 is 0 Å². The lowest BCUT2D eigenvalue weighted by atomic mass is 9.99. The predicted octanol–water partition coefficient (Wildman–Crippen LogP) is 3.44. The molecule has 4 nitrogen and oxygen atoms in total. The molecule has 2 aliphatic heterocycles. The van der Waals surface area contributed by atoms with Crippen LogP contribution in [0.4, 0.5) is 0 Å². The number of benzene rings is 2. The smallest absolute Gasteiger partial charge is 0.254 e. The largest absolute Gasteiger partial charge is 0.491 e. The Kier molecular flexibility index (Phi) is 4.70. The Morgan fingerprint density at radius 3 is 2.68 bits per heavy atom. The normalized spacial score (nSPS) is 19.5. The molecule has 2 aromatic carbocycles. The fourth-order valence-corrected chi connectivity index (χ4v) is 3.51. The van der Waals surface area contributed by atoms with Gasteiger partial charge in [0.25, 0.3) is 5.91 Å². The summed E-state index contributed by atoms with van der Waals surface area (Å²) < 4.78 is 11.3. The predicted molar refractivity (Wildman–Crippen MR) is 95.8 cm³/mol. The summed E-state index contributed by atoms with van der Waals surface area (Å²) in [4.78, 5) is 14.7. The highest BCUT2D eigenvalue weighted by Gasteiger charge is 2.21. The van der Waals surface area contributed by atoms with Crippen molar-refractivity contribution in [1.29, 1.82) is 0 Å². The first kappa shape index (κ1) is 16.2. The maximum Gasteiger partial charge on any atom is 0.254 e. The fraction of sp³-hybridized carbons (Fsp3) is 0.381. The van der Waals surface area contributed by atoms with E-state index in [0.29, 0.717) is 18.7 Å². The van der Waals surface area contributed by atoms with Crippen LogP contribution in [0.3, 0.4) is 0 Å². The third kappa shape index (κ3) is 3.69. The minimum atomic E-state index is 0.0835. The zero-order chi connectivity index (χ0) is 17.1. The Bertz CT molecular complexity index is 735. The van der Waals surface area contributed by atoms with E-state index in [-0.39, 0.29) is 12.0 Å². The van der Waals surface area contributed by atoms with E-state index in [1.807, 2.05) is 35.2 Å². The topological polar surface area (TPSA) is 38.8 Å². The number of fused-ring (bicyclic) bond motifs is 1. The van der Waals surface area contributed by atoms with E-state index < -0.39 is 0 Å². The molecule has 25 heavy (non-hydrogen) atoms. The number of hydrogen-bond acceptors (Lipinski definition) is 3. The van der Waals surface area contributed by atoms with Crippen LogP contribution in [0.1, 0.15) is 34.3 Å². The van der Waals surface area contributed by atoms with Crippen molar-refractivity contribution in [2.45, 2.75) is 31.9 Å². The molecule has 0 radical (unpaired) electrons. The van der Waals surface area contributed by atoms with E-state index in [9.17, 15) is 4.79 Å². The van der Waals surface area contributed by atoms with Crippen LogP contribution in [-0.4, -0.2) is 36.7 Å². The van der Waals surface area contributed by atoms with Crippen LogP contribution in [0.2, 0.25) is 0 Å². The summed E-state index contributed by atoms with van der Waals surface area (Å²) in [5, 5.41) is 0. The molecule has 0 N–H and O–H groups in total. The Morgan fingerprint density at radius 1 is 1.12 bits per heavy atom. The molecule has 0 spiro atoms. The molecular formula is C21H23NO3. The zero-order valence-corrected chi connectivity index (χ0v) is 14.3. The lowest BCUT2D eigenvalue weighted by molar-refractivity contribution is 0.0678. The van der Waals surface area contributed by atoms with Gasteiger partial charge in [0.05, 0.1) is 6.10 Å². The molecule has 4 heteroatoms. The molecule has 130 valence electrons. The van der Waals surface area contributed by atoms with Crippen LogP contribution in [0.5, 0.6) is 5.75 Å². The van der Waals surface area contributed by atoms with Crippen molar-refractivity contribution < 1.29 is 14.3 Å². The van der Waals surface area contributed by atoms with Crippen molar-refractivity contribution in [2.75, 3.05) is 19.8 Å². The van der Waals surface area contributed by atoms with Crippen molar-refractivity contribution in [3.8, 4) is 5.75 Å². The molecule has 4 rings (SSSR count). The van der Waals surface area contributed by atoms with Gasteiger partial charge in [0.2, 0.25) is 0 Å². The molecular weight excluding hydrogens is 314 g/mol. The lowest BCUT2D eigenvalue weighted by Gasteiger charge is -2.29. The van der Waals surface area contributed by atoms with Gasteiger partial charge in [-0.05, 0) is 54.7 Å². The van der Waals surface area contributed by atoms with Crippen LogP contribution in [0, 0.1) is 0 Å². The second-order valence-corrected chi connectivity index (χ2v) is 6.72. The minimum absolute atomic E-state index is 0.0835. The van der Waals surface area contributed by atoms with E-state index in [4.69, 9.17) is 9.47 Å². The second-order valence-electron chi connectivity index (χ2n) is 6.72. The fourth-order valence-electron chi connectivity index (χ4n) is 3.51. The van der Waals surface area contributed by atoms with E-state index in [0.717, 1.165) is 38.2 Å². The molecule has 1 saturated heterocycles. The zero-order valence-electron chi connectivity index (χ0n) is 14.3. The van der Waals surface area contributed by atoms with Gasteiger partial charge in [-0.3, -0.25) is 4.79 Å². The molecule has 1 fully saturated rings. The van der Waals surface area contributed by atoms with Crippen LogP contribution in [0.25, 0.3) is 0 Å². The maximum atomic E-state index is 12.8. The molecule has 2 heterocycles. The summed E-state index contributed by atoms with van der Waals surface area (Å²) in [5.74, 6) is 0.871. The van der Waals surface area contributed by atoms with E-state index in [2.05, 4.69) is 18.2 Å². The number of nitrogens with zero attached hydrogens (tertiary/aromatic N) is 1. The Hall–Kier alpha value is -2.33. The lowest BCUT2D eigenvalue weighted by Crippen LogP contribution is -2.35. The van der Waals surface area contributed by atoms with Gasteiger partial charge >= 0.3 is 0 Å². The van der Waals surface area contributed by atoms with Gasteiger partial charge in [0.15, 0.2) is 0 Å². The Labute approximate surface area is 148 Å². The standard InChI is InChI=1S/C21H23NO3/c23-21(22-12-11-16-4-1-2-5-18(16)14-22)17-7-9-19(10-8-17)25-15-20-6-3-13-24-20/h1-2,4-5,7-10,20H,3,6,11-15H2/t20-/m0/s1. The number of carbonyl (C=O) groups excluding carboxylic acids is 1. The van der Waals surface area contributed by atoms with Crippen LogP contribution in [0.15, 0.2) is 48.5 Å². The summed E-state index contributed by atoms with van der Waals surface area (Å²) in [7, 11) is 0. The quantitative estimate of drug-likeness (QED) is 0.858. The highest BCUT2D eigenvalue weighted by Crippen LogP contribution is 2.22. The molecule has 0 bridgehead atoms. The number of ether oxygens (including phenoxy) is 2. The Morgan fingerprint density at radius 2 is 1.92 bits per heavy atom. The highest BCUT2D eigenvalue weighted by atomic mass is 16.5. The number of carbonyl (C=O) groups is 1. The number of rotatable bonds is 4. The highest BCUT2D eigenvalue weighted by molar-refractivity contribution is 5.94. The molecule has 0 aromatic heterocycles. The molecule has 1 amide bonds. The molecule has 1 atom stereocenters. The van der Waals surface area contributed by atoms with Crippen LogP contribution < -0.4 is 4.74 Å². The van der Waals surface area contributed by atoms with Gasteiger partial charge in [0.1, 0.15) is 12.4 Å². The van der Waals surface area contributed by atoms with Gasteiger partial charge in [0, 0.05) is 25.3 Å². The van der Waals surface area contributed by atoms with Gasteiger partial charge in [-0.1, -0.05) is 24.3 Å². The number of hydrogen-bond donors (Lipinski definition) is 0. The van der Waals surface area contributed by atoms with Crippen LogP contribution in [-0.2, 0) is 17.7 Å². The molecule has 2 aliphatic rings. The average Bonchev–Trinajstić information content (AvgIpc) is 3.19. The van der Waals surface area contributed by atoms with Gasteiger partial charge in [-0.2, -0.15) is 0 Å². The molecule has 2 aromatic rings. The van der Waals surface area contributed by atoms with E-state index in [1.54, 1.807) is 0 Å². The summed E-state index contributed by atoms with van der Waals surface area (Å²) in [6.45, 7) is 2.87. The third-order valence-electron chi connectivity index (χ3n) is 4.98. The van der Waals surface area contributed by atoms with Crippen molar-refractivity contribution in [2.24, 2.45) is 0 Å². The van der Waals surface area contributed by atoms with Gasteiger partial charge in [-0.25, -0.2) is 0 Å². The molecule has 0 unspecified atom stereocenters. The number of amides is 1.